The molecule has 0 spiro atoms. The SMILES string of the molecule is CC1(C)CN(CCCOc2ccc(Cl)cc2NC(N)=O)CCC1(O)c1ccc(F)cc1. The van der Waals surface area contributed by atoms with E-state index in [-0.39, 0.29) is 5.82 Å². The number of ether oxygens (including phenoxy) is 1. The van der Waals surface area contributed by atoms with Crippen LogP contribution in [-0.4, -0.2) is 42.3 Å². The van der Waals surface area contributed by atoms with Crippen molar-refractivity contribution >= 4 is 23.3 Å². The van der Waals surface area contributed by atoms with Crippen molar-refractivity contribution in [1.82, 2.24) is 4.90 Å². The molecule has 8 heteroatoms. The van der Waals surface area contributed by atoms with E-state index in [1.165, 1.54) is 12.1 Å². The van der Waals surface area contributed by atoms with E-state index in [2.05, 4.69) is 10.2 Å². The van der Waals surface area contributed by atoms with Gasteiger partial charge in [-0.25, -0.2) is 9.18 Å². The normalized spacial score (nSPS) is 20.9. The third kappa shape index (κ3) is 5.47. The van der Waals surface area contributed by atoms with Crippen LogP contribution in [0.15, 0.2) is 42.5 Å². The molecule has 1 aliphatic heterocycles. The Kier molecular flexibility index (Phi) is 7.09. The Morgan fingerprint density at radius 3 is 2.65 bits per heavy atom. The fourth-order valence-electron chi connectivity index (χ4n) is 4.21. The maximum atomic E-state index is 13.3. The lowest BCUT2D eigenvalue weighted by molar-refractivity contribution is -0.125. The Labute approximate surface area is 187 Å². The Hall–Kier alpha value is -2.35. The van der Waals surface area contributed by atoms with Gasteiger partial charge in [0, 0.05) is 30.1 Å². The first-order valence-electron chi connectivity index (χ1n) is 10.3. The van der Waals surface area contributed by atoms with Gasteiger partial charge in [0.2, 0.25) is 0 Å². The van der Waals surface area contributed by atoms with Crippen LogP contribution in [0, 0.1) is 11.2 Å². The van der Waals surface area contributed by atoms with E-state index in [0.717, 1.165) is 25.1 Å². The zero-order chi connectivity index (χ0) is 22.6. The van der Waals surface area contributed by atoms with Crippen molar-refractivity contribution in [3.05, 3.63) is 58.9 Å². The van der Waals surface area contributed by atoms with E-state index in [1.807, 2.05) is 13.8 Å². The third-order valence-corrected chi connectivity index (χ3v) is 6.16. The molecule has 0 saturated carbocycles. The number of piperidine rings is 1. The molecule has 2 amide bonds. The summed E-state index contributed by atoms with van der Waals surface area (Å²) >= 11 is 5.97. The fraction of sp³-hybridized carbons (Fsp3) is 0.435. The molecule has 2 aromatic rings. The lowest BCUT2D eigenvalue weighted by Crippen LogP contribution is -2.55. The Morgan fingerprint density at radius 1 is 1.29 bits per heavy atom. The molecule has 1 fully saturated rings. The van der Waals surface area contributed by atoms with Gasteiger partial charge in [-0.1, -0.05) is 37.6 Å². The van der Waals surface area contributed by atoms with Gasteiger partial charge in [0.05, 0.1) is 17.9 Å². The predicted molar refractivity (Wildman–Crippen MR) is 120 cm³/mol. The summed E-state index contributed by atoms with van der Waals surface area (Å²) in [5.74, 6) is 0.199. The predicted octanol–water partition coefficient (Wildman–Crippen LogP) is 4.36. The number of anilines is 1. The standard InChI is InChI=1S/C23H29ClFN3O3/c1-22(2)15-28(12-10-23(22,30)16-4-7-18(25)8-5-16)11-3-13-31-20-9-6-17(24)14-19(20)27-21(26)29/h4-9,14,30H,3,10-13,15H2,1-2H3,(H3,26,27,29). The highest BCUT2D eigenvalue weighted by molar-refractivity contribution is 6.31. The molecule has 4 N–H and O–H groups in total. The molecule has 3 rings (SSSR count). The van der Waals surface area contributed by atoms with Crippen molar-refractivity contribution in [2.24, 2.45) is 11.1 Å². The van der Waals surface area contributed by atoms with Crippen molar-refractivity contribution in [1.29, 1.82) is 0 Å². The monoisotopic (exact) mass is 449 g/mol. The third-order valence-electron chi connectivity index (χ3n) is 5.93. The molecule has 168 valence electrons. The summed E-state index contributed by atoms with van der Waals surface area (Å²) in [6, 6.07) is 10.4. The van der Waals surface area contributed by atoms with Crippen molar-refractivity contribution in [2.75, 3.05) is 31.6 Å². The number of primary amides is 1. The van der Waals surface area contributed by atoms with Crippen molar-refractivity contribution in [3.8, 4) is 5.75 Å². The fourth-order valence-corrected chi connectivity index (χ4v) is 4.38. The molecule has 0 aliphatic carbocycles. The second kappa shape index (κ2) is 9.42. The van der Waals surface area contributed by atoms with E-state index < -0.39 is 17.0 Å². The van der Waals surface area contributed by atoms with Crippen LogP contribution in [-0.2, 0) is 5.60 Å². The quantitative estimate of drug-likeness (QED) is 0.548. The summed E-state index contributed by atoms with van der Waals surface area (Å²) in [7, 11) is 0. The lowest BCUT2D eigenvalue weighted by atomic mass is 9.66. The number of halogens is 2. The molecular weight excluding hydrogens is 421 g/mol. The molecule has 1 saturated heterocycles. The van der Waals surface area contributed by atoms with Crippen LogP contribution >= 0.6 is 11.6 Å². The van der Waals surface area contributed by atoms with Gasteiger partial charge in [0.1, 0.15) is 11.6 Å². The Morgan fingerprint density at radius 2 is 2.00 bits per heavy atom. The van der Waals surface area contributed by atoms with Crippen LogP contribution < -0.4 is 15.8 Å². The number of hydrogen-bond acceptors (Lipinski definition) is 4. The molecule has 6 nitrogen and oxygen atoms in total. The van der Waals surface area contributed by atoms with Crippen LogP contribution in [0.25, 0.3) is 0 Å². The number of nitrogens with zero attached hydrogens (tertiary/aromatic N) is 1. The number of benzene rings is 2. The number of nitrogens with one attached hydrogen (secondary N) is 1. The van der Waals surface area contributed by atoms with Crippen molar-refractivity contribution in [2.45, 2.75) is 32.3 Å². The number of aliphatic hydroxyl groups is 1. The highest BCUT2D eigenvalue weighted by atomic mass is 35.5. The molecule has 1 heterocycles. The average Bonchev–Trinajstić information content (AvgIpc) is 2.69. The Bertz CT molecular complexity index is 923. The molecule has 1 unspecified atom stereocenters. The van der Waals surface area contributed by atoms with Crippen LogP contribution in [0.3, 0.4) is 0 Å². The first-order chi connectivity index (χ1) is 14.6. The Balaban J connectivity index is 1.54. The first-order valence-corrected chi connectivity index (χ1v) is 10.7. The molecule has 1 atom stereocenters. The smallest absolute Gasteiger partial charge is 0.316 e. The van der Waals surface area contributed by atoms with Gasteiger partial charge in [-0.3, -0.25) is 0 Å². The van der Waals surface area contributed by atoms with Crippen LogP contribution in [0.1, 0.15) is 32.3 Å². The highest BCUT2D eigenvalue weighted by Gasteiger charge is 2.48. The number of nitrogens with two attached hydrogens (primary N) is 1. The van der Waals surface area contributed by atoms with E-state index >= 15 is 0 Å². The number of rotatable bonds is 7. The summed E-state index contributed by atoms with van der Waals surface area (Å²) in [5.41, 5.74) is 4.97. The summed E-state index contributed by atoms with van der Waals surface area (Å²) in [5, 5.41) is 14.4. The van der Waals surface area contributed by atoms with E-state index in [1.54, 1.807) is 30.3 Å². The second-order valence-electron chi connectivity index (χ2n) is 8.61. The first kappa shape index (κ1) is 23.3. The topological polar surface area (TPSA) is 87.8 Å². The number of amides is 2. The minimum Gasteiger partial charge on any atom is -0.491 e. The zero-order valence-corrected chi connectivity index (χ0v) is 18.6. The van der Waals surface area contributed by atoms with Gasteiger partial charge in [-0.05, 0) is 48.7 Å². The number of likely N-dealkylation sites (tertiary alicyclic amines) is 1. The number of carbonyl (C=O) groups is 1. The van der Waals surface area contributed by atoms with Gasteiger partial charge >= 0.3 is 6.03 Å². The molecule has 2 aromatic carbocycles. The largest absolute Gasteiger partial charge is 0.491 e. The second-order valence-corrected chi connectivity index (χ2v) is 9.05. The molecule has 0 aromatic heterocycles. The summed E-state index contributed by atoms with van der Waals surface area (Å²) in [6.45, 7) is 6.76. The average molecular weight is 450 g/mol. The van der Waals surface area contributed by atoms with E-state index in [0.29, 0.717) is 36.0 Å². The van der Waals surface area contributed by atoms with Crippen molar-refractivity contribution < 1.29 is 19.0 Å². The number of hydrogen-bond donors (Lipinski definition) is 3. The summed E-state index contributed by atoms with van der Waals surface area (Å²) in [6.07, 6.45) is 1.33. The summed E-state index contributed by atoms with van der Waals surface area (Å²) in [4.78, 5) is 13.5. The van der Waals surface area contributed by atoms with Crippen LogP contribution in [0.2, 0.25) is 5.02 Å². The van der Waals surface area contributed by atoms with Crippen molar-refractivity contribution in [3.63, 3.8) is 0 Å². The van der Waals surface area contributed by atoms with E-state index in [4.69, 9.17) is 22.1 Å². The maximum Gasteiger partial charge on any atom is 0.316 e. The van der Waals surface area contributed by atoms with Crippen LogP contribution in [0.5, 0.6) is 5.75 Å². The minimum atomic E-state index is -1.01. The van der Waals surface area contributed by atoms with Gasteiger partial charge < -0.3 is 25.8 Å². The van der Waals surface area contributed by atoms with Gasteiger partial charge in [0.15, 0.2) is 0 Å². The number of carbonyl (C=O) groups excluding carboxylic acids is 1. The zero-order valence-electron chi connectivity index (χ0n) is 17.8. The highest BCUT2D eigenvalue weighted by Crippen LogP contribution is 2.46. The maximum absolute atomic E-state index is 13.3. The summed E-state index contributed by atoms with van der Waals surface area (Å²) < 4.78 is 19.1. The van der Waals surface area contributed by atoms with Gasteiger partial charge in [-0.15, -0.1) is 0 Å². The minimum absolute atomic E-state index is 0.308. The molecule has 31 heavy (non-hydrogen) atoms. The molecule has 0 bridgehead atoms. The molecule has 0 radical (unpaired) electrons. The van der Waals surface area contributed by atoms with E-state index in [9.17, 15) is 14.3 Å². The number of urea groups is 1. The molecular formula is C23H29ClFN3O3. The van der Waals surface area contributed by atoms with Gasteiger partial charge in [-0.2, -0.15) is 0 Å². The van der Waals surface area contributed by atoms with Crippen LogP contribution in [0.4, 0.5) is 14.9 Å². The molecule has 1 aliphatic rings. The van der Waals surface area contributed by atoms with Gasteiger partial charge in [0.25, 0.3) is 0 Å². The lowest BCUT2D eigenvalue weighted by Gasteiger charge is -2.50.